The van der Waals surface area contributed by atoms with Gasteiger partial charge in [0.15, 0.2) is 0 Å². The molecule has 3 aromatic carbocycles. The van der Waals surface area contributed by atoms with Crippen LogP contribution in [-0.2, 0) is 11.2 Å². The van der Waals surface area contributed by atoms with Gasteiger partial charge in [0.2, 0.25) is 0 Å². The van der Waals surface area contributed by atoms with Crippen LogP contribution in [0.4, 0.5) is 5.69 Å². The Morgan fingerprint density at radius 2 is 1.62 bits per heavy atom. The number of anilines is 1. The Bertz CT molecular complexity index is 1140. The Morgan fingerprint density at radius 1 is 1.00 bits per heavy atom. The topological polar surface area (TPSA) is 105 Å². The lowest BCUT2D eigenvalue weighted by Gasteiger charge is -2.33. The number of methoxy groups -OCH3 is 1. The number of aliphatic hydroxyl groups is 2. The third kappa shape index (κ3) is 8.35. The number of halogens is 2. The van der Waals surface area contributed by atoms with Gasteiger partial charge in [0.05, 0.1) is 34.5 Å². The fraction of sp³-hybridized carbons (Fsp3) is 0.321. The molecule has 0 amide bonds. The number of nitrogens with zero attached hydrogens (tertiary/aromatic N) is 1. The van der Waals surface area contributed by atoms with Crippen LogP contribution in [0.2, 0.25) is 10.0 Å². The van der Waals surface area contributed by atoms with Crippen molar-refractivity contribution < 1.29 is 24.5 Å². The van der Waals surface area contributed by atoms with Crippen molar-refractivity contribution in [2.45, 2.75) is 31.6 Å². The van der Waals surface area contributed by atoms with E-state index < -0.39 is 18.2 Å². The molecule has 198 valence electrons. The lowest BCUT2D eigenvalue weighted by molar-refractivity contribution is 0.0291. The number of hydrogen-bond acceptors (Lipinski definition) is 7. The average molecular weight is 547 g/mol. The molecule has 0 spiro atoms. The molecule has 3 rings (SSSR count). The first-order valence-corrected chi connectivity index (χ1v) is 12.6. The highest BCUT2D eigenvalue weighted by atomic mass is 35.5. The molecule has 0 radical (unpaired) electrons. The van der Waals surface area contributed by atoms with E-state index in [4.69, 9.17) is 38.4 Å². The number of nitrogens with two attached hydrogens (primary N) is 1. The van der Waals surface area contributed by atoms with Gasteiger partial charge in [-0.1, -0.05) is 53.5 Å². The molecule has 0 aliphatic rings. The number of rotatable bonds is 12. The van der Waals surface area contributed by atoms with Gasteiger partial charge >= 0.3 is 5.97 Å². The van der Waals surface area contributed by atoms with Crippen LogP contribution in [0.25, 0.3) is 0 Å². The third-order valence-corrected chi connectivity index (χ3v) is 6.68. The molecule has 0 saturated carbocycles. The van der Waals surface area contributed by atoms with Crippen molar-refractivity contribution in [2.75, 3.05) is 32.5 Å². The van der Waals surface area contributed by atoms with E-state index in [1.54, 1.807) is 24.3 Å². The summed E-state index contributed by atoms with van der Waals surface area (Å²) in [6, 6.07) is 19.5. The van der Waals surface area contributed by atoms with Gasteiger partial charge in [-0.05, 0) is 60.9 Å². The Kier molecular flexibility index (Phi) is 10.6. The average Bonchev–Trinajstić information content (AvgIpc) is 2.90. The second-order valence-electron chi connectivity index (χ2n) is 8.89. The molecule has 0 heterocycles. The van der Waals surface area contributed by atoms with Gasteiger partial charge in [-0.25, -0.2) is 4.79 Å². The molecule has 0 saturated heterocycles. The largest absolute Gasteiger partial charge is 0.491 e. The number of esters is 1. The van der Waals surface area contributed by atoms with Gasteiger partial charge in [0.1, 0.15) is 18.5 Å². The van der Waals surface area contributed by atoms with E-state index in [1.807, 2.05) is 54.3 Å². The standard InChI is InChI=1S/C28H32Cl2N2O5/c1-18(12-19-8-10-20(11-9-19)28(35)36-2)32(15-22(33)17-37-23-6-4-3-5-7-23)16-26(34)21-13-24(29)27(31)25(30)14-21/h3-11,13-14,18,22,26,33-34H,12,15-17,31H2,1-2H3/t18-,22+,26?/m1/s1. The number of para-hydroxylation sites is 1. The summed E-state index contributed by atoms with van der Waals surface area (Å²) < 4.78 is 10.5. The van der Waals surface area contributed by atoms with E-state index in [1.165, 1.54) is 7.11 Å². The molecule has 0 fully saturated rings. The van der Waals surface area contributed by atoms with Gasteiger partial charge in [0, 0.05) is 19.1 Å². The van der Waals surface area contributed by atoms with E-state index in [9.17, 15) is 15.0 Å². The lowest BCUT2D eigenvalue weighted by atomic mass is 10.0. The van der Waals surface area contributed by atoms with Crippen molar-refractivity contribution >= 4 is 34.9 Å². The second kappa shape index (κ2) is 13.7. The Hall–Kier alpha value is -2.81. The normalized spacial score (nSPS) is 13.7. The Morgan fingerprint density at radius 3 is 2.22 bits per heavy atom. The van der Waals surface area contributed by atoms with Gasteiger partial charge in [-0.3, -0.25) is 4.90 Å². The van der Waals surface area contributed by atoms with E-state index >= 15 is 0 Å². The van der Waals surface area contributed by atoms with Crippen LogP contribution >= 0.6 is 23.2 Å². The van der Waals surface area contributed by atoms with Crippen molar-refractivity contribution in [1.29, 1.82) is 0 Å². The zero-order valence-electron chi connectivity index (χ0n) is 20.8. The molecule has 1 unspecified atom stereocenters. The zero-order valence-corrected chi connectivity index (χ0v) is 22.3. The first-order valence-electron chi connectivity index (χ1n) is 11.9. The van der Waals surface area contributed by atoms with Crippen LogP contribution in [0.1, 0.15) is 34.5 Å². The number of carbonyl (C=O) groups excluding carboxylic acids is 1. The molecule has 0 bridgehead atoms. The maximum Gasteiger partial charge on any atom is 0.337 e. The molecular weight excluding hydrogens is 515 g/mol. The molecule has 37 heavy (non-hydrogen) atoms. The van der Waals surface area contributed by atoms with Crippen LogP contribution in [0.3, 0.4) is 0 Å². The summed E-state index contributed by atoms with van der Waals surface area (Å²) in [5.41, 5.74) is 8.09. The van der Waals surface area contributed by atoms with E-state index in [0.717, 1.165) is 5.56 Å². The highest BCUT2D eigenvalue weighted by Gasteiger charge is 2.23. The number of carbonyl (C=O) groups is 1. The maximum atomic E-state index is 11.7. The molecular formula is C28H32Cl2N2O5. The number of hydrogen-bond donors (Lipinski definition) is 3. The van der Waals surface area contributed by atoms with E-state index in [2.05, 4.69) is 0 Å². The molecule has 9 heteroatoms. The van der Waals surface area contributed by atoms with Crippen molar-refractivity contribution in [2.24, 2.45) is 0 Å². The fourth-order valence-electron chi connectivity index (χ4n) is 3.96. The summed E-state index contributed by atoms with van der Waals surface area (Å²) in [6.45, 7) is 2.56. The SMILES string of the molecule is COC(=O)c1ccc(C[C@@H](C)N(CC(O)c2cc(Cl)c(N)c(Cl)c2)C[C@H](O)COc2ccccc2)cc1. The monoisotopic (exact) mass is 546 g/mol. The van der Waals surface area contributed by atoms with Gasteiger partial charge in [-0.15, -0.1) is 0 Å². The minimum Gasteiger partial charge on any atom is -0.491 e. The van der Waals surface area contributed by atoms with Crippen LogP contribution in [0.5, 0.6) is 5.75 Å². The van der Waals surface area contributed by atoms with Gasteiger partial charge < -0.3 is 25.4 Å². The Balaban J connectivity index is 1.73. The number of nitrogen functional groups attached to an aromatic ring is 1. The summed E-state index contributed by atoms with van der Waals surface area (Å²) in [4.78, 5) is 13.7. The minimum absolute atomic E-state index is 0.0790. The lowest BCUT2D eigenvalue weighted by Crippen LogP contribution is -2.44. The van der Waals surface area contributed by atoms with E-state index in [0.29, 0.717) is 23.3 Å². The highest BCUT2D eigenvalue weighted by molar-refractivity contribution is 6.38. The Labute approximate surface area is 227 Å². The fourth-order valence-corrected chi connectivity index (χ4v) is 4.46. The molecule has 7 nitrogen and oxygen atoms in total. The van der Waals surface area contributed by atoms with Crippen molar-refractivity contribution in [1.82, 2.24) is 4.90 Å². The zero-order chi connectivity index (χ0) is 26.9. The molecule has 3 aromatic rings. The third-order valence-electron chi connectivity index (χ3n) is 6.05. The second-order valence-corrected chi connectivity index (χ2v) is 9.70. The molecule has 0 aliphatic heterocycles. The predicted octanol–water partition coefficient (Wildman–Crippen LogP) is 4.77. The summed E-state index contributed by atoms with van der Waals surface area (Å²) >= 11 is 12.4. The van der Waals surface area contributed by atoms with Crippen LogP contribution < -0.4 is 10.5 Å². The first-order chi connectivity index (χ1) is 17.7. The highest BCUT2D eigenvalue weighted by Crippen LogP contribution is 2.32. The van der Waals surface area contributed by atoms with E-state index in [-0.39, 0.29) is 41.5 Å². The molecule has 4 N–H and O–H groups in total. The molecule has 0 aliphatic carbocycles. The van der Waals surface area contributed by atoms with Crippen molar-refractivity contribution in [3.05, 3.63) is 93.5 Å². The van der Waals surface area contributed by atoms with Gasteiger partial charge in [-0.2, -0.15) is 0 Å². The van der Waals surface area contributed by atoms with Crippen LogP contribution in [-0.4, -0.2) is 60.0 Å². The van der Waals surface area contributed by atoms with Crippen LogP contribution in [0, 0.1) is 0 Å². The van der Waals surface area contributed by atoms with Gasteiger partial charge in [0.25, 0.3) is 0 Å². The summed E-state index contributed by atoms with van der Waals surface area (Å²) in [5.74, 6) is 0.268. The summed E-state index contributed by atoms with van der Waals surface area (Å²) in [6.07, 6.45) is -1.12. The smallest absolute Gasteiger partial charge is 0.337 e. The van der Waals surface area contributed by atoms with Crippen molar-refractivity contribution in [3.63, 3.8) is 0 Å². The minimum atomic E-state index is -0.929. The van der Waals surface area contributed by atoms with Crippen LogP contribution in [0.15, 0.2) is 66.7 Å². The maximum absolute atomic E-state index is 11.7. The number of benzene rings is 3. The predicted molar refractivity (Wildman–Crippen MR) is 146 cm³/mol. The number of ether oxygens (including phenoxy) is 2. The first kappa shape index (κ1) is 28.8. The quantitative estimate of drug-likeness (QED) is 0.222. The number of aliphatic hydroxyl groups excluding tert-OH is 2. The molecule has 3 atom stereocenters. The summed E-state index contributed by atoms with van der Waals surface area (Å²) in [5, 5.41) is 22.3. The summed E-state index contributed by atoms with van der Waals surface area (Å²) in [7, 11) is 1.34. The molecule has 0 aromatic heterocycles. The van der Waals surface area contributed by atoms with Crippen molar-refractivity contribution in [3.8, 4) is 5.75 Å².